The molecule has 3 aromatic heterocycles. The molecular weight excluding hydrogens is 568 g/mol. The van der Waals surface area contributed by atoms with Gasteiger partial charge < -0.3 is 16.2 Å². The monoisotopic (exact) mass is 591 g/mol. The van der Waals surface area contributed by atoms with Gasteiger partial charge in [-0.1, -0.05) is 6.07 Å². The van der Waals surface area contributed by atoms with E-state index in [-0.39, 0.29) is 28.5 Å². The summed E-state index contributed by atoms with van der Waals surface area (Å²) in [6.07, 6.45) is 6.29. The molecule has 6 rings (SSSR count). The number of aryl methyl sites for hydroxylation is 1. The molecule has 0 bridgehead atoms. The second-order valence-electron chi connectivity index (χ2n) is 9.88. The number of nitrogens with zero attached hydrogens (tertiary/aromatic N) is 5. The zero-order valence-electron chi connectivity index (χ0n) is 23.1. The number of halogens is 2. The summed E-state index contributed by atoms with van der Waals surface area (Å²) in [5.41, 5.74) is 7.76. The van der Waals surface area contributed by atoms with Gasteiger partial charge in [-0.25, -0.2) is 18.7 Å². The summed E-state index contributed by atoms with van der Waals surface area (Å²) in [4.78, 5) is 34.8. The molecule has 0 spiro atoms. The Morgan fingerprint density at radius 2 is 1.70 bits per heavy atom. The molecule has 0 saturated carbocycles. The second-order valence-corrected chi connectivity index (χ2v) is 9.88. The molecule has 6 aromatic rings. The van der Waals surface area contributed by atoms with Crippen molar-refractivity contribution >= 4 is 17.5 Å². The maximum Gasteiger partial charge on any atom is 0.267 e. The predicted molar refractivity (Wildman–Crippen MR) is 161 cm³/mol. The Morgan fingerprint density at radius 3 is 2.41 bits per heavy atom. The minimum Gasteiger partial charge on any atom is -0.507 e. The lowest BCUT2D eigenvalue weighted by Crippen LogP contribution is -2.28. The number of nitrogens with one attached hydrogen (secondary N) is 1. The third kappa shape index (κ3) is 5.51. The lowest BCUT2D eigenvalue weighted by atomic mass is 10.00. The fourth-order valence-corrected chi connectivity index (χ4v) is 4.72. The van der Waals surface area contributed by atoms with E-state index >= 15 is 4.39 Å². The summed E-state index contributed by atoms with van der Waals surface area (Å²) >= 11 is 0. The van der Waals surface area contributed by atoms with Crippen LogP contribution in [-0.4, -0.2) is 35.3 Å². The van der Waals surface area contributed by atoms with E-state index in [9.17, 15) is 19.1 Å². The number of aromatic nitrogens is 5. The molecule has 44 heavy (non-hydrogen) atoms. The van der Waals surface area contributed by atoms with Gasteiger partial charge in [0.15, 0.2) is 0 Å². The van der Waals surface area contributed by atoms with Crippen LogP contribution in [0.5, 0.6) is 5.75 Å². The molecule has 0 atom stereocenters. The number of phenolic OH excluding ortho intramolecular Hbond substituents is 1. The fourth-order valence-electron chi connectivity index (χ4n) is 4.72. The molecule has 1 amide bonds. The van der Waals surface area contributed by atoms with Gasteiger partial charge >= 0.3 is 0 Å². The summed E-state index contributed by atoms with van der Waals surface area (Å²) in [7, 11) is 1.73. The zero-order valence-corrected chi connectivity index (χ0v) is 23.1. The summed E-state index contributed by atoms with van der Waals surface area (Å²) in [5, 5.41) is 17.1. The molecule has 0 saturated heterocycles. The first-order valence-corrected chi connectivity index (χ1v) is 13.2. The van der Waals surface area contributed by atoms with E-state index in [2.05, 4.69) is 20.4 Å². The van der Waals surface area contributed by atoms with Gasteiger partial charge in [-0.15, -0.1) is 0 Å². The van der Waals surface area contributed by atoms with Crippen molar-refractivity contribution < 1.29 is 18.7 Å². The van der Waals surface area contributed by atoms with Crippen LogP contribution in [0.2, 0.25) is 0 Å². The normalized spacial score (nSPS) is 11.0. The van der Waals surface area contributed by atoms with Gasteiger partial charge in [0.05, 0.1) is 11.9 Å². The molecule has 3 heterocycles. The Morgan fingerprint density at radius 1 is 0.909 bits per heavy atom. The Balaban J connectivity index is 1.33. The van der Waals surface area contributed by atoms with Crippen LogP contribution in [0.4, 0.5) is 20.4 Å². The minimum atomic E-state index is -0.767. The largest absolute Gasteiger partial charge is 0.507 e. The molecule has 12 heteroatoms. The molecule has 0 aliphatic heterocycles. The first-order chi connectivity index (χ1) is 21.2. The average molecular weight is 592 g/mol. The SMILES string of the molecule is Cn1cc(-c2cc(C(=O)Nc3ccc(-c4ccc(O)c(-c5ccnc(N)n5)c4)c(F)c3)c(=O)n(-c3ccc(F)cc3)c2)cn1. The van der Waals surface area contributed by atoms with Crippen LogP contribution in [-0.2, 0) is 7.05 Å². The summed E-state index contributed by atoms with van der Waals surface area (Å²) in [5.74, 6) is -1.95. The van der Waals surface area contributed by atoms with Crippen LogP contribution in [0.25, 0.3) is 39.2 Å². The quantitative estimate of drug-likeness (QED) is 0.242. The van der Waals surface area contributed by atoms with E-state index < -0.39 is 23.1 Å². The van der Waals surface area contributed by atoms with Crippen molar-refractivity contribution in [3.05, 3.63) is 125 Å². The van der Waals surface area contributed by atoms with Crippen molar-refractivity contribution in [3.8, 4) is 44.9 Å². The van der Waals surface area contributed by atoms with Gasteiger partial charge in [0.1, 0.15) is 22.9 Å². The van der Waals surface area contributed by atoms with Crippen LogP contribution >= 0.6 is 0 Å². The van der Waals surface area contributed by atoms with Gasteiger partial charge in [-0.05, 0) is 72.3 Å². The van der Waals surface area contributed by atoms with E-state index in [1.807, 2.05) is 0 Å². The van der Waals surface area contributed by atoms with Crippen molar-refractivity contribution in [3.63, 3.8) is 0 Å². The Hall–Kier alpha value is -6.17. The molecule has 0 aliphatic carbocycles. The van der Waals surface area contributed by atoms with Gasteiger partial charge in [-0.3, -0.25) is 18.8 Å². The molecule has 3 aromatic carbocycles. The van der Waals surface area contributed by atoms with E-state index in [4.69, 9.17) is 5.73 Å². The third-order valence-electron chi connectivity index (χ3n) is 6.89. The van der Waals surface area contributed by atoms with Gasteiger partial charge in [-0.2, -0.15) is 5.10 Å². The third-order valence-corrected chi connectivity index (χ3v) is 6.89. The fraction of sp³-hybridized carbons (Fsp3) is 0.0312. The van der Waals surface area contributed by atoms with Gasteiger partial charge in [0.25, 0.3) is 11.5 Å². The minimum absolute atomic E-state index is 0.0222. The Labute approximate surface area is 248 Å². The summed E-state index contributed by atoms with van der Waals surface area (Å²) in [6.45, 7) is 0. The zero-order chi connectivity index (χ0) is 31.0. The van der Waals surface area contributed by atoms with Crippen molar-refractivity contribution in [2.75, 3.05) is 11.1 Å². The Kier molecular flexibility index (Phi) is 7.15. The number of aromatic hydroxyl groups is 1. The van der Waals surface area contributed by atoms with Crippen LogP contribution in [0, 0.1) is 11.6 Å². The topological polar surface area (TPSA) is 141 Å². The number of phenols is 1. The Bertz CT molecular complexity index is 2110. The van der Waals surface area contributed by atoms with Gasteiger partial charge in [0, 0.05) is 59.3 Å². The van der Waals surface area contributed by atoms with E-state index in [1.54, 1.807) is 48.5 Å². The molecule has 218 valence electrons. The predicted octanol–water partition coefficient (Wildman–Crippen LogP) is 5.18. The number of carbonyl (C=O) groups is 1. The highest BCUT2D eigenvalue weighted by atomic mass is 19.1. The number of nitrogen functional groups attached to an aromatic ring is 1. The number of hydrogen-bond acceptors (Lipinski definition) is 7. The molecular formula is C32H23F2N7O3. The van der Waals surface area contributed by atoms with E-state index in [0.29, 0.717) is 33.6 Å². The van der Waals surface area contributed by atoms with Crippen LogP contribution in [0.3, 0.4) is 0 Å². The van der Waals surface area contributed by atoms with E-state index in [1.165, 1.54) is 59.3 Å². The van der Waals surface area contributed by atoms with Crippen LogP contribution < -0.4 is 16.6 Å². The molecule has 0 fully saturated rings. The highest BCUT2D eigenvalue weighted by molar-refractivity contribution is 6.04. The highest BCUT2D eigenvalue weighted by Crippen LogP contribution is 2.34. The lowest BCUT2D eigenvalue weighted by Gasteiger charge is -2.13. The number of rotatable bonds is 6. The number of carbonyl (C=O) groups excluding carboxylic acids is 1. The first-order valence-electron chi connectivity index (χ1n) is 13.2. The number of anilines is 2. The van der Waals surface area contributed by atoms with Crippen molar-refractivity contribution in [2.45, 2.75) is 0 Å². The second kappa shape index (κ2) is 11.2. The van der Waals surface area contributed by atoms with Gasteiger partial charge in [0.2, 0.25) is 5.95 Å². The molecule has 0 radical (unpaired) electrons. The highest BCUT2D eigenvalue weighted by Gasteiger charge is 2.19. The number of amides is 1. The molecule has 0 unspecified atom stereocenters. The summed E-state index contributed by atoms with van der Waals surface area (Å²) in [6, 6.07) is 16.9. The average Bonchev–Trinajstić information content (AvgIpc) is 3.44. The smallest absolute Gasteiger partial charge is 0.267 e. The van der Waals surface area contributed by atoms with Crippen LogP contribution in [0.15, 0.2) is 102 Å². The maximum atomic E-state index is 15.4. The maximum absolute atomic E-state index is 15.4. The molecule has 10 nitrogen and oxygen atoms in total. The number of benzene rings is 3. The van der Waals surface area contributed by atoms with Crippen molar-refractivity contribution in [1.82, 2.24) is 24.3 Å². The van der Waals surface area contributed by atoms with Crippen molar-refractivity contribution in [2.24, 2.45) is 7.05 Å². The number of pyridine rings is 1. The molecule has 0 aliphatic rings. The van der Waals surface area contributed by atoms with Crippen molar-refractivity contribution in [1.29, 1.82) is 0 Å². The van der Waals surface area contributed by atoms with E-state index in [0.717, 1.165) is 6.07 Å². The lowest BCUT2D eigenvalue weighted by molar-refractivity contribution is 0.102. The number of hydrogen-bond donors (Lipinski definition) is 3. The standard InChI is InChI=1S/C32H23F2N7O3/c1-40-16-20(15-37-40)19-13-26(31(44)41(17-19)23-6-3-21(33)4-7-23)30(43)38-22-5-8-24(27(34)14-22)18-2-9-29(42)25(12-18)28-10-11-36-32(35)39-28/h2-17,42H,1H3,(H,38,43)(H2,35,36,39). The first kappa shape index (κ1) is 28.0. The number of nitrogens with two attached hydrogens (primary N) is 1. The summed E-state index contributed by atoms with van der Waals surface area (Å²) < 4.78 is 31.8. The van der Waals surface area contributed by atoms with Crippen LogP contribution in [0.1, 0.15) is 10.4 Å². The molecule has 4 N–H and O–H groups in total.